The number of hydrogen-bond acceptors (Lipinski definition) is 9. The molecule has 4 aromatic carbocycles. The Hall–Kier alpha value is -6.18. The Balaban J connectivity index is 0.944. The third-order valence-electron chi connectivity index (χ3n) is 10.0. The first kappa shape index (κ1) is 37.1. The zero-order chi connectivity index (χ0) is 38.3. The number of aromatic nitrogens is 2. The minimum atomic E-state index is -0.784. The van der Waals surface area contributed by atoms with Crippen LogP contribution in [0.1, 0.15) is 49.0 Å². The van der Waals surface area contributed by atoms with Crippen molar-refractivity contribution in [3.63, 3.8) is 0 Å². The number of nitrogens with one attached hydrogen (secondary N) is 2. The summed E-state index contributed by atoms with van der Waals surface area (Å²) in [4.78, 5) is 56.7. The third-order valence-corrected chi connectivity index (χ3v) is 10.0. The fourth-order valence-corrected chi connectivity index (χ4v) is 7.22. The average molecular weight is 743 g/mol. The first-order valence-electron chi connectivity index (χ1n) is 18.3. The molecule has 2 saturated heterocycles. The highest BCUT2D eigenvalue weighted by atomic mass is 16.5. The highest BCUT2D eigenvalue weighted by molar-refractivity contribution is 5.99. The molecule has 0 spiro atoms. The van der Waals surface area contributed by atoms with Gasteiger partial charge in [-0.1, -0.05) is 60.7 Å². The molecule has 2 N–H and O–H groups in total. The summed E-state index contributed by atoms with van der Waals surface area (Å²) in [6, 6.07) is 31.3. The molecule has 4 amide bonds. The van der Waals surface area contributed by atoms with Gasteiger partial charge in [0.15, 0.2) is 12.2 Å². The molecule has 13 heteroatoms. The van der Waals surface area contributed by atoms with Crippen LogP contribution >= 0.6 is 0 Å². The molecule has 13 nitrogen and oxygen atoms in total. The fraction of sp³-hybridized carbons (Fsp3) is 0.286. The van der Waals surface area contributed by atoms with Gasteiger partial charge >= 0.3 is 0 Å². The molecule has 55 heavy (non-hydrogen) atoms. The van der Waals surface area contributed by atoms with Crippen LogP contribution in [0.4, 0.5) is 11.4 Å². The molecule has 0 aliphatic carbocycles. The lowest BCUT2D eigenvalue weighted by atomic mass is 10.1. The van der Waals surface area contributed by atoms with Crippen LogP contribution in [0.25, 0.3) is 22.9 Å². The van der Waals surface area contributed by atoms with Gasteiger partial charge in [-0.25, -0.2) is 0 Å². The Morgan fingerprint density at radius 3 is 1.35 bits per heavy atom. The quantitative estimate of drug-likeness (QED) is 0.156. The van der Waals surface area contributed by atoms with Crippen LogP contribution in [0.15, 0.2) is 114 Å². The van der Waals surface area contributed by atoms with Crippen molar-refractivity contribution >= 4 is 35.0 Å². The molecule has 0 saturated carbocycles. The number of likely N-dealkylation sites (tertiary alicyclic amines) is 2. The minimum absolute atomic E-state index is 0.238. The van der Waals surface area contributed by atoms with Crippen molar-refractivity contribution in [3.8, 4) is 22.9 Å². The second-order valence-electron chi connectivity index (χ2n) is 13.5. The molecular formula is C42H42N6O7. The molecule has 5 aromatic rings. The summed E-state index contributed by atoms with van der Waals surface area (Å²) in [6.07, 6.45) is 0.990. The molecular weight excluding hydrogens is 700 g/mol. The first-order chi connectivity index (χ1) is 26.8. The van der Waals surface area contributed by atoms with E-state index in [4.69, 9.17) is 13.9 Å². The molecule has 0 radical (unpaired) electrons. The Kier molecular flexibility index (Phi) is 11.4. The maximum Gasteiger partial charge on any atom is 0.257 e. The minimum Gasteiger partial charge on any atom is -0.416 e. The summed E-state index contributed by atoms with van der Waals surface area (Å²) in [7, 11) is 2.99. The number of benzene rings is 4. The van der Waals surface area contributed by atoms with Gasteiger partial charge < -0.3 is 34.3 Å². The van der Waals surface area contributed by atoms with E-state index in [1.54, 1.807) is 58.3 Å². The topological polar surface area (TPSA) is 156 Å². The summed E-state index contributed by atoms with van der Waals surface area (Å²) in [5, 5.41) is 14.3. The molecule has 0 bridgehead atoms. The maximum absolute atomic E-state index is 13.4. The predicted octanol–water partition coefficient (Wildman–Crippen LogP) is 6.04. The summed E-state index contributed by atoms with van der Waals surface area (Å²) in [5.74, 6) is -0.424. The van der Waals surface area contributed by atoms with E-state index < -0.39 is 24.3 Å². The zero-order valence-electron chi connectivity index (χ0n) is 30.6. The monoisotopic (exact) mass is 742 g/mol. The van der Waals surface area contributed by atoms with Gasteiger partial charge in [0.1, 0.15) is 12.1 Å². The van der Waals surface area contributed by atoms with Gasteiger partial charge in [0.25, 0.3) is 11.8 Å². The Morgan fingerprint density at radius 2 is 0.982 bits per heavy atom. The van der Waals surface area contributed by atoms with Crippen molar-refractivity contribution in [1.82, 2.24) is 20.0 Å². The van der Waals surface area contributed by atoms with Crippen LogP contribution in [0, 0.1) is 0 Å². The number of rotatable bonds is 12. The van der Waals surface area contributed by atoms with Gasteiger partial charge in [0.2, 0.25) is 23.6 Å². The molecule has 2 aliphatic rings. The van der Waals surface area contributed by atoms with Gasteiger partial charge in [-0.3, -0.25) is 19.2 Å². The number of amides is 4. The normalized spacial score (nSPS) is 17.8. The van der Waals surface area contributed by atoms with Crippen LogP contribution < -0.4 is 10.6 Å². The summed E-state index contributed by atoms with van der Waals surface area (Å²) >= 11 is 0. The van der Waals surface area contributed by atoms with E-state index in [0.29, 0.717) is 60.2 Å². The SMILES string of the molecule is COC(C(=O)N1CCCC1C(=O)Nc1ccc(-c2nnc(-c3ccc(NC(=O)[C@@H]4CCCN4C(=O)[C@@H](OC)c4ccccc4)cc3)o2)cc1)c1ccccc1. The van der Waals surface area contributed by atoms with Crippen LogP contribution in [-0.2, 0) is 28.7 Å². The molecule has 2 unspecified atom stereocenters. The van der Waals surface area contributed by atoms with E-state index in [-0.39, 0.29) is 23.6 Å². The standard InChI is InChI=1S/C42H42N6O7/c1-53-35(27-11-5-3-6-12-27)41(51)47-25-9-15-33(47)37(49)43-31-21-17-29(18-22-31)39-45-46-40(55-39)30-19-23-32(24-20-30)44-38(50)34-16-10-26-48(34)42(52)36(54-2)28-13-7-4-8-14-28/h3-8,11-14,17-24,33-36H,9-10,15-16,25-26H2,1-2H3,(H,43,49)(H,44,50)/t33-,34?,35-,36?/m0/s1. The van der Waals surface area contributed by atoms with Gasteiger partial charge in [-0.15, -0.1) is 10.2 Å². The smallest absolute Gasteiger partial charge is 0.257 e. The highest BCUT2D eigenvalue weighted by Gasteiger charge is 2.39. The second kappa shape index (κ2) is 16.9. The third kappa shape index (κ3) is 8.17. The average Bonchev–Trinajstić information content (AvgIpc) is 4.02. The lowest BCUT2D eigenvalue weighted by molar-refractivity contribution is -0.146. The molecule has 2 fully saturated rings. The van der Waals surface area contributed by atoms with Gasteiger partial charge in [0.05, 0.1) is 0 Å². The number of carbonyl (C=O) groups is 4. The summed E-state index contributed by atoms with van der Waals surface area (Å²) < 4.78 is 17.0. The fourth-order valence-electron chi connectivity index (χ4n) is 7.22. The predicted molar refractivity (Wildman–Crippen MR) is 204 cm³/mol. The van der Waals surface area contributed by atoms with Crippen molar-refractivity contribution in [3.05, 3.63) is 120 Å². The van der Waals surface area contributed by atoms with Crippen LogP contribution in [0.5, 0.6) is 0 Å². The summed E-state index contributed by atoms with van der Waals surface area (Å²) in [5.41, 5.74) is 3.92. The van der Waals surface area contributed by atoms with E-state index in [1.807, 2.05) is 60.7 Å². The van der Waals surface area contributed by atoms with Crippen LogP contribution in [0.2, 0.25) is 0 Å². The molecule has 282 valence electrons. The van der Waals surface area contributed by atoms with E-state index in [1.165, 1.54) is 14.2 Å². The zero-order valence-corrected chi connectivity index (χ0v) is 30.6. The van der Waals surface area contributed by atoms with E-state index in [0.717, 1.165) is 24.0 Å². The van der Waals surface area contributed by atoms with Crippen LogP contribution in [-0.4, -0.2) is 83.0 Å². The highest BCUT2D eigenvalue weighted by Crippen LogP contribution is 2.30. The van der Waals surface area contributed by atoms with E-state index in [9.17, 15) is 19.2 Å². The molecule has 7 rings (SSSR count). The van der Waals surface area contributed by atoms with Gasteiger partial charge in [-0.2, -0.15) is 0 Å². The van der Waals surface area contributed by atoms with Crippen molar-refractivity contribution < 1.29 is 33.1 Å². The largest absolute Gasteiger partial charge is 0.416 e. The Labute approximate surface area is 318 Å². The Bertz CT molecular complexity index is 1960. The number of ether oxygens (including phenoxy) is 2. The maximum atomic E-state index is 13.4. The molecule has 1 aromatic heterocycles. The van der Waals surface area contributed by atoms with Crippen molar-refractivity contribution in [2.75, 3.05) is 37.9 Å². The lowest BCUT2D eigenvalue weighted by Gasteiger charge is -2.27. The number of anilines is 2. The number of carbonyl (C=O) groups excluding carboxylic acids is 4. The number of methoxy groups -OCH3 is 2. The molecule has 3 heterocycles. The van der Waals surface area contributed by atoms with Crippen molar-refractivity contribution in [2.24, 2.45) is 0 Å². The number of hydrogen-bond donors (Lipinski definition) is 2. The van der Waals surface area contributed by atoms with E-state index in [2.05, 4.69) is 20.8 Å². The number of nitrogens with zero attached hydrogens (tertiary/aromatic N) is 4. The van der Waals surface area contributed by atoms with E-state index >= 15 is 0 Å². The Morgan fingerprint density at radius 1 is 0.600 bits per heavy atom. The van der Waals surface area contributed by atoms with Gasteiger partial charge in [-0.05, 0) is 85.3 Å². The molecule has 2 aliphatic heterocycles. The van der Waals surface area contributed by atoms with Gasteiger partial charge in [0, 0.05) is 49.8 Å². The van der Waals surface area contributed by atoms with Crippen LogP contribution in [0.3, 0.4) is 0 Å². The van der Waals surface area contributed by atoms with Crippen molar-refractivity contribution in [2.45, 2.75) is 50.0 Å². The van der Waals surface area contributed by atoms with Crippen molar-refractivity contribution in [1.29, 1.82) is 0 Å². The molecule has 4 atom stereocenters. The lowest BCUT2D eigenvalue weighted by Crippen LogP contribution is -2.45. The second-order valence-corrected chi connectivity index (χ2v) is 13.5. The first-order valence-corrected chi connectivity index (χ1v) is 18.3. The summed E-state index contributed by atoms with van der Waals surface area (Å²) in [6.45, 7) is 0.956.